The van der Waals surface area contributed by atoms with E-state index in [0.29, 0.717) is 30.2 Å². The fourth-order valence-electron chi connectivity index (χ4n) is 3.68. The summed E-state index contributed by atoms with van der Waals surface area (Å²) >= 11 is 0. The molecule has 1 aromatic rings. The largest absolute Gasteiger partial charge is 0.513 e. The van der Waals surface area contributed by atoms with E-state index in [1.807, 2.05) is 41.5 Å². The molecule has 0 bridgehead atoms. The Morgan fingerprint density at radius 1 is 0.878 bits per heavy atom. The first-order chi connectivity index (χ1) is 19.1. The number of aliphatic carboxylic acids is 1. The van der Waals surface area contributed by atoms with E-state index in [1.165, 1.54) is 18.2 Å². The van der Waals surface area contributed by atoms with Crippen molar-refractivity contribution in [2.24, 2.45) is 23.5 Å². The van der Waals surface area contributed by atoms with Crippen LogP contribution in [0, 0.1) is 17.8 Å². The highest BCUT2D eigenvalue weighted by atomic mass is 16.7. The normalized spacial score (nSPS) is 14.1. The lowest BCUT2D eigenvalue weighted by Gasteiger charge is -2.28. The number of carboxylic acids is 1. The molecule has 11 nitrogen and oxygen atoms in total. The molecule has 1 rings (SSSR count). The molecule has 0 amide bonds. The minimum atomic E-state index is -1.82. The summed E-state index contributed by atoms with van der Waals surface area (Å²) in [5.41, 5.74) is 4.85. The SMILES string of the molecule is CCC(C)CC(=O)O[C@@H](C)CC(N)(Cc1ccc(OC(=O)OCCC(C)C)c(OC(=O)OCCC(C)C)c1)C(=O)O. The highest BCUT2D eigenvalue weighted by Crippen LogP contribution is 2.31. The van der Waals surface area contributed by atoms with Crippen molar-refractivity contribution < 1.29 is 48.0 Å². The van der Waals surface area contributed by atoms with Crippen LogP contribution in [0.4, 0.5) is 9.59 Å². The number of carbonyl (C=O) groups is 4. The van der Waals surface area contributed by atoms with Crippen LogP contribution in [-0.2, 0) is 30.2 Å². The second-order valence-corrected chi connectivity index (χ2v) is 11.4. The zero-order valence-corrected chi connectivity index (χ0v) is 25.4. The molecule has 11 heteroatoms. The van der Waals surface area contributed by atoms with Crippen molar-refractivity contribution in [1.29, 1.82) is 0 Å². The summed E-state index contributed by atoms with van der Waals surface area (Å²) < 4.78 is 26.2. The summed E-state index contributed by atoms with van der Waals surface area (Å²) in [7, 11) is 0. The lowest BCUT2D eigenvalue weighted by atomic mass is 9.86. The topological polar surface area (TPSA) is 161 Å². The number of hydrogen-bond donors (Lipinski definition) is 2. The summed E-state index contributed by atoms with van der Waals surface area (Å²) in [6, 6.07) is 4.20. The fraction of sp³-hybridized carbons (Fsp3) is 0.667. The molecule has 41 heavy (non-hydrogen) atoms. The smallest absolute Gasteiger partial charge is 0.480 e. The zero-order valence-electron chi connectivity index (χ0n) is 25.4. The van der Waals surface area contributed by atoms with E-state index < -0.39 is 35.9 Å². The number of esters is 1. The van der Waals surface area contributed by atoms with Gasteiger partial charge in [-0.1, -0.05) is 54.0 Å². The second-order valence-electron chi connectivity index (χ2n) is 11.4. The Hall–Kier alpha value is -3.34. The van der Waals surface area contributed by atoms with E-state index >= 15 is 0 Å². The number of carboxylic acid groups (broad SMARTS) is 1. The van der Waals surface area contributed by atoms with Crippen LogP contribution in [0.3, 0.4) is 0 Å². The molecule has 0 aliphatic rings. The van der Waals surface area contributed by atoms with Crippen LogP contribution in [0.1, 0.15) is 86.1 Å². The van der Waals surface area contributed by atoms with Crippen molar-refractivity contribution in [3.05, 3.63) is 23.8 Å². The van der Waals surface area contributed by atoms with Gasteiger partial charge in [0.05, 0.1) is 13.2 Å². The van der Waals surface area contributed by atoms with Gasteiger partial charge in [-0.3, -0.25) is 9.59 Å². The van der Waals surface area contributed by atoms with Crippen LogP contribution in [-0.4, -0.2) is 54.2 Å². The van der Waals surface area contributed by atoms with Gasteiger partial charge < -0.3 is 34.5 Å². The maximum absolute atomic E-state index is 12.3. The van der Waals surface area contributed by atoms with Crippen molar-refractivity contribution in [2.75, 3.05) is 13.2 Å². The summed E-state index contributed by atoms with van der Waals surface area (Å²) in [6.07, 6.45) is -0.833. The minimum absolute atomic E-state index is 0.116. The quantitative estimate of drug-likeness (QED) is 0.128. The standard InChI is InChI=1S/C30H47NO10/c1-8-21(6)15-26(32)39-22(7)17-30(31,27(33)34)18-23-9-10-24(40-28(35)37-13-11-19(2)3)25(16-23)41-29(36)38-14-12-20(4)5/h9-10,16,19-22H,8,11-15,17-18,31H2,1-7H3,(H,33,34)/t21?,22-,30?/m0/s1. The average molecular weight is 582 g/mol. The molecular formula is C30H47NO10. The van der Waals surface area contributed by atoms with Gasteiger partial charge in [0.1, 0.15) is 11.6 Å². The van der Waals surface area contributed by atoms with Crippen LogP contribution in [0.5, 0.6) is 11.5 Å². The van der Waals surface area contributed by atoms with Crippen molar-refractivity contribution in [1.82, 2.24) is 0 Å². The Bertz CT molecular complexity index is 1010. The summed E-state index contributed by atoms with van der Waals surface area (Å²) in [5.74, 6) is -1.25. The van der Waals surface area contributed by atoms with Gasteiger partial charge in [-0.2, -0.15) is 0 Å². The lowest BCUT2D eigenvalue weighted by molar-refractivity contribution is -0.154. The van der Waals surface area contributed by atoms with E-state index in [0.717, 1.165) is 6.42 Å². The van der Waals surface area contributed by atoms with E-state index in [9.17, 15) is 24.3 Å². The molecule has 0 aliphatic heterocycles. The molecule has 0 saturated heterocycles. The van der Waals surface area contributed by atoms with Gasteiger partial charge in [-0.25, -0.2) is 9.59 Å². The van der Waals surface area contributed by atoms with Gasteiger partial charge in [-0.05, 0) is 55.2 Å². The first-order valence-electron chi connectivity index (χ1n) is 14.2. The Labute approximate surface area is 243 Å². The van der Waals surface area contributed by atoms with Gasteiger partial charge >= 0.3 is 24.2 Å². The van der Waals surface area contributed by atoms with Crippen molar-refractivity contribution in [3.63, 3.8) is 0 Å². The molecule has 0 radical (unpaired) electrons. The van der Waals surface area contributed by atoms with Crippen molar-refractivity contribution in [2.45, 2.75) is 98.6 Å². The fourth-order valence-corrected chi connectivity index (χ4v) is 3.68. The molecule has 0 spiro atoms. The maximum Gasteiger partial charge on any atom is 0.513 e. The first-order valence-corrected chi connectivity index (χ1v) is 14.2. The number of nitrogens with two attached hydrogens (primary N) is 1. The number of ether oxygens (including phenoxy) is 5. The molecule has 1 aromatic carbocycles. The van der Waals surface area contributed by atoms with Crippen LogP contribution in [0.2, 0.25) is 0 Å². The van der Waals surface area contributed by atoms with Crippen LogP contribution in [0.25, 0.3) is 0 Å². The van der Waals surface area contributed by atoms with Crippen LogP contribution < -0.4 is 15.2 Å². The van der Waals surface area contributed by atoms with E-state index in [-0.39, 0.29) is 49.9 Å². The molecule has 3 N–H and O–H groups in total. The number of rotatable bonds is 17. The van der Waals surface area contributed by atoms with E-state index in [1.54, 1.807) is 6.92 Å². The number of hydrogen-bond acceptors (Lipinski definition) is 10. The molecular weight excluding hydrogens is 534 g/mol. The predicted molar refractivity (Wildman–Crippen MR) is 152 cm³/mol. The third-order valence-electron chi connectivity index (χ3n) is 6.37. The third kappa shape index (κ3) is 14.2. The Morgan fingerprint density at radius 3 is 1.90 bits per heavy atom. The van der Waals surface area contributed by atoms with E-state index in [4.69, 9.17) is 29.4 Å². The van der Waals surface area contributed by atoms with Gasteiger partial charge in [0.25, 0.3) is 0 Å². The molecule has 0 aromatic heterocycles. The van der Waals surface area contributed by atoms with Gasteiger partial charge in [0, 0.05) is 19.3 Å². The first kappa shape index (κ1) is 35.7. The molecule has 0 fully saturated rings. The summed E-state index contributed by atoms with van der Waals surface area (Å²) in [4.78, 5) is 49.0. The summed E-state index contributed by atoms with van der Waals surface area (Å²) in [5, 5.41) is 9.96. The Kier molecular flexibility index (Phi) is 15.2. The predicted octanol–water partition coefficient (Wildman–Crippen LogP) is 5.89. The van der Waals surface area contributed by atoms with Gasteiger partial charge in [0.2, 0.25) is 0 Å². The summed E-state index contributed by atoms with van der Waals surface area (Å²) in [6.45, 7) is 13.7. The molecule has 2 unspecified atom stereocenters. The molecule has 232 valence electrons. The Morgan fingerprint density at radius 2 is 1.41 bits per heavy atom. The van der Waals surface area contributed by atoms with Crippen molar-refractivity contribution >= 4 is 24.2 Å². The molecule has 3 atom stereocenters. The van der Waals surface area contributed by atoms with Crippen LogP contribution >= 0.6 is 0 Å². The Balaban J connectivity index is 3.12. The van der Waals surface area contributed by atoms with E-state index in [2.05, 4.69) is 0 Å². The van der Waals surface area contributed by atoms with Gasteiger partial charge in [0.15, 0.2) is 11.5 Å². The highest BCUT2D eigenvalue weighted by Gasteiger charge is 2.37. The van der Waals surface area contributed by atoms with Crippen LogP contribution in [0.15, 0.2) is 18.2 Å². The van der Waals surface area contributed by atoms with Crippen molar-refractivity contribution in [3.8, 4) is 11.5 Å². The molecule has 0 saturated carbocycles. The second kappa shape index (κ2) is 17.5. The maximum atomic E-state index is 12.3. The monoisotopic (exact) mass is 581 g/mol. The third-order valence-corrected chi connectivity index (χ3v) is 6.37. The molecule has 0 aliphatic carbocycles. The molecule has 0 heterocycles. The zero-order chi connectivity index (χ0) is 31.2. The minimum Gasteiger partial charge on any atom is -0.480 e. The van der Waals surface area contributed by atoms with Gasteiger partial charge in [-0.15, -0.1) is 0 Å². The lowest BCUT2D eigenvalue weighted by Crippen LogP contribution is -2.52. The number of benzene rings is 1. The number of carbonyl (C=O) groups excluding carboxylic acids is 3. The highest BCUT2D eigenvalue weighted by molar-refractivity contribution is 5.79. The average Bonchev–Trinajstić information content (AvgIpc) is 2.84.